The summed E-state index contributed by atoms with van der Waals surface area (Å²) in [4.78, 5) is 4.32. The van der Waals surface area contributed by atoms with Crippen LogP contribution < -0.4 is 4.74 Å². The van der Waals surface area contributed by atoms with Gasteiger partial charge in [0, 0.05) is 12.4 Å². The second kappa shape index (κ2) is 6.32. The number of aryl methyl sites for hydroxylation is 1. The Morgan fingerprint density at radius 2 is 1.71 bits per heavy atom. The summed E-state index contributed by atoms with van der Waals surface area (Å²) in [5.41, 5.74) is 7.78. The molecule has 1 aliphatic carbocycles. The van der Waals surface area contributed by atoms with Crippen LogP contribution in [0.25, 0.3) is 11.1 Å². The van der Waals surface area contributed by atoms with E-state index < -0.39 is 0 Å². The largest absolute Gasteiger partial charge is 0.497 e. The predicted molar refractivity (Wildman–Crippen MR) is 97.9 cm³/mol. The first kappa shape index (κ1) is 14.7. The van der Waals surface area contributed by atoms with Crippen molar-refractivity contribution < 1.29 is 4.74 Å². The molecule has 24 heavy (non-hydrogen) atoms. The number of hydrogen-bond donors (Lipinski definition) is 0. The molecule has 0 saturated carbocycles. The molecule has 0 atom stereocenters. The highest BCUT2D eigenvalue weighted by Gasteiger charge is 2.21. The van der Waals surface area contributed by atoms with Gasteiger partial charge in [-0.15, -0.1) is 0 Å². The third-order valence-corrected chi connectivity index (χ3v) is 4.60. The van der Waals surface area contributed by atoms with E-state index in [-0.39, 0.29) is 0 Å². The fourth-order valence-electron chi connectivity index (χ4n) is 3.46. The monoisotopic (exact) mass is 313 g/mol. The van der Waals surface area contributed by atoms with Gasteiger partial charge < -0.3 is 4.74 Å². The van der Waals surface area contributed by atoms with Gasteiger partial charge in [-0.2, -0.15) is 0 Å². The molecule has 0 fully saturated rings. The fourth-order valence-corrected chi connectivity index (χ4v) is 3.46. The van der Waals surface area contributed by atoms with Crippen molar-refractivity contribution >= 4 is 11.1 Å². The topological polar surface area (TPSA) is 22.1 Å². The van der Waals surface area contributed by atoms with Crippen LogP contribution in [0.5, 0.6) is 5.75 Å². The highest BCUT2D eigenvalue weighted by Crippen LogP contribution is 2.41. The minimum atomic E-state index is 0.922. The van der Waals surface area contributed by atoms with Crippen molar-refractivity contribution in [2.24, 2.45) is 0 Å². The first-order chi connectivity index (χ1) is 11.9. The lowest BCUT2D eigenvalue weighted by atomic mass is 9.80. The minimum absolute atomic E-state index is 0.922. The summed E-state index contributed by atoms with van der Waals surface area (Å²) in [7, 11) is 1.72. The lowest BCUT2D eigenvalue weighted by Crippen LogP contribution is -2.06. The van der Waals surface area contributed by atoms with Crippen LogP contribution in [0.4, 0.5) is 0 Å². The fraction of sp³-hybridized carbons (Fsp3) is 0.136. The summed E-state index contributed by atoms with van der Waals surface area (Å²) in [6, 6.07) is 21.2. The van der Waals surface area contributed by atoms with Crippen molar-refractivity contribution in [3.63, 3.8) is 0 Å². The Bertz CT molecular complexity index is 882. The lowest BCUT2D eigenvalue weighted by Gasteiger charge is -2.24. The van der Waals surface area contributed by atoms with Gasteiger partial charge in [0.15, 0.2) is 0 Å². The van der Waals surface area contributed by atoms with Gasteiger partial charge in [-0.05, 0) is 64.4 Å². The van der Waals surface area contributed by atoms with E-state index in [1.54, 1.807) is 7.11 Å². The molecule has 0 spiro atoms. The van der Waals surface area contributed by atoms with E-state index in [1.165, 1.54) is 33.4 Å². The molecule has 0 radical (unpaired) electrons. The summed E-state index contributed by atoms with van der Waals surface area (Å²) in [5.74, 6) is 0.922. The molecule has 1 aliphatic rings. The third-order valence-electron chi connectivity index (χ3n) is 4.60. The third kappa shape index (κ3) is 2.61. The number of methoxy groups -OCH3 is 1. The van der Waals surface area contributed by atoms with Crippen LogP contribution in [-0.2, 0) is 6.42 Å². The average molecular weight is 313 g/mol. The van der Waals surface area contributed by atoms with Gasteiger partial charge in [0.05, 0.1) is 7.11 Å². The molecule has 0 unspecified atom stereocenters. The zero-order valence-electron chi connectivity index (χ0n) is 13.7. The summed E-state index contributed by atoms with van der Waals surface area (Å²) in [6.07, 6.45) is 5.82. The van der Waals surface area contributed by atoms with Crippen LogP contribution in [0.2, 0.25) is 0 Å². The molecular formula is C22H19NO. The molecule has 4 rings (SSSR count). The SMILES string of the molecule is COc1ccc2c(c1)CCC(c1cccnc1)=C2c1ccccc1. The Morgan fingerprint density at radius 1 is 0.875 bits per heavy atom. The van der Waals surface area contributed by atoms with Gasteiger partial charge in [-0.1, -0.05) is 42.5 Å². The van der Waals surface area contributed by atoms with E-state index in [1.807, 2.05) is 24.5 Å². The van der Waals surface area contributed by atoms with E-state index in [0.717, 1.165) is 18.6 Å². The van der Waals surface area contributed by atoms with Gasteiger partial charge in [-0.25, -0.2) is 0 Å². The Kier molecular flexibility index (Phi) is 3.87. The second-order valence-corrected chi connectivity index (χ2v) is 5.98. The van der Waals surface area contributed by atoms with Crippen LogP contribution >= 0.6 is 0 Å². The van der Waals surface area contributed by atoms with Crippen LogP contribution in [0.3, 0.4) is 0 Å². The molecule has 3 aromatic rings. The molecule has 0 bridgehead atoms. The first-order valence-electron chi connectivity index (χ1n) is 8.23. The minimum Gasteiger partial charge on any atom is -0.497 e. The van der Waals surface area contributed by atoms with Crippen molar-refractivity contribution in [1.29, 1.82) is 0 Å². The highest BCUT2D eigenvalue weighted by atomic mass is 16.5. The van der Waals surface area contributed by atoms with Crippen LogP contribution in [-0.4, -0.2) is 12.1 Å². The second-order valence-electron chi connectivity index (χ2n) is 5.98. The predicted octanol–water partition coefficient (Wildman–Crippen LogP) is 5.00. The number of hydrogen-bond acceptors (Lipinski definition) is 2. The molecule has 118 valence electrons. The van der Waals surface area contributed by atoms with Crippen molar-refractivity contribution in [1.82, 2.24) is 4.98 Å². The Labute approximate surface area is 142 Å². The smallest absolute Gasteiger partial charge is 0.119 e. The maximum atomic E-state index is 5.41. The van der Waals surface area contributed by atoms with E-state index in [4.69, 9.17) is 4.74 Å². The Hall–Kier alpha value is -2.87. The van der Waals surface area contributed by atoms with Crippen molar-refractivity contribution in [3.8, 4) is 5.75 Å². The van der Waals surface area contributed by atoms with Crippen molar-refractivity contribution in [2.45, 2.75) is 12.8 Å². The van der Waals surface area contributed by atoms with Crippen LogP contribution in [0.15, 0.2) is 73.1 Å². The summed E-state index contributed by atoms with van der Waals surface area (Å²) < 4.78 is 5.41. The lowest BCUT2D eigenvalue weighted by molar-refractivity contribution is 0.414. The molecule has 1 heterocycles. The zero-order valence-corrected chi connectivity index (χ0v) is 13.7. The standard InChI is InChI=1S/C22H19NO/c1-24-19-10-12-20-17(14-19)9-11-21(18-8-5-13-23-15-18)22(20)16-6-3-2-4-7-16/h2-8,10,12-15H,9,11H2,1H3. The number of ether oxygens (including phenoxy) is 1. The van der Waals surface area contributed by atoms with Crippen LogP contribution in [0, 0.1) is 0 Å². The number of aromatic nitrogens is 1. The number of rotatable bonds is 3. The normalized spacial score (nSPS) is 13.5. The van der Waals surface area contributed by atoms with Gasteiger partial charge in [0.2, 0.25) is 0 Å². The van der Waals surface area contributed by atoms with E-state index in [0.29, 0.717) is 0 Å². The van der Waals surface area contributed by atoms with Crippen LogP contribution in [0.1, 0.15) is 28.7 Å². The van der Waals surface area contributed by atoms with Gasteiger partial charge in [-0.3, -0.25) is 4.98 Å². The molecule has 2 aromatic carbocycles. The number of benzene rings is 2. The maximum absolute atomic E-state index is 5.41. The number of nitrogens with zero attached hydrogens (tertiary/aromatic N) is 1. The first-order valence-corrected chi connectivity index (χ1v) is 8.23. The quantitative estimate of drug-likeness (QED) is 0.679. The van der Waals surface area contributed by atoms with Crippen molar-refractivity contribution in [2.75, 3.05) is 7.11 Å². The average Bonchev–Trinajstić information content (AvgIpc) is 2.68. The van der Waals surface area contributed by atoms with E-state index in [9.17, 15) is 0 Å². The molecule has 2 heteroatoms. The highest BCUT2D eigenvalue weighted by molar-refractivity contribution is 6.00. The Balaban J connectivity index is 1.96. The number of fused-ring (bicyclic) bond motifs is 1. The molecular weight excluding hydrogens is 294 g/mol. The number of pyridine rings is 1. The maximum Gasteiger partial charge on any atom is 0.119 e. The summed E-state index contributed by atoms with van der Waals surface area (Å²) in [6.45, 7) is 0. The summed E-state index contributed by atoms with van der Waals surface area (Å²) in [5, 5.41) is 0. The molecule has 0 N–H and O–H groups in total. The van der Waals surface area contributed by atoms with Gasteiger partial charge in [0.1, 0.15) is 5.75 Å². The zero-order chi connectivity index (χ0) is 16.4. The molecule has 0 saturated heterocycles. The molecule has 2 nitrogen and oxygen atoms in total. The van der Waals surface area contributed by atoms with Crippen molar-refractivity contribution in [3.05, 3.63) is 95.3 Å². The summed E-state index contributed by atoms with van der Waals surface area (Å²) >= 11 is 0. The molecule has 0 amide bonds. The number of allylic oxidation sites excluding steroid dienone is 1. The van der Waals surface area contributed by atoms with Gasteiger partial charge >= 0.3 is 0 Å². The van der Waals surface area contributed by atoms with E-state index in [2.05, 4.69) is 53.5 Å². The molecule has 1 aromatic heterocycles. The van der Waals surface area contributed by atoms with E-state index >= 15 is 0 Å². The molecule has 0 aliphatic heterocycles. The Morgan fingerprint density at radius 3 is 2.46 bits per heavy atom. The van der Waals surface area contributed by atoms with Gasteiger partial charge in [0.25, 0.3) is 0 Å².